The molecule has 0 unspecified atom stereocenters. The zero-order valence-electron chi connectivity index (χ0n) is 10.3. The lowest BCUT2D eigenvalue weighted by atomic mass is 10.2. The van der Waals surface area contributed by atoms with Crippen molar-refractivity contribution < 1.29 is 0 Å². The molecule has 0 aliphatic carbocycles. The monoisotopic (exact) mass is 317 g/mol. The van der Waals surface area contributed by atoms with Crippen LogP contribution in [0.15, 0.2) is 41.3 Å². The summed E-state index contributed by atoms with van der Waals surface area (Å²) in [6.07, 6.45) is 3.49. The second kappa shape index (κ2) is 4.97. The highest BCUT2D eigenvalue weighted by Crippen LogP contribution is 2.24. The van der Waals surface area contributed by atoms with Crippen molar-refractivity contribution in [2.75, 3.05) is 5.32 Å². The average molecular weight is 318 g/mol. The van der Waals surface area contributed by atoms with Crippen LogP contribution >= 0.6 is 15.9 Å². The number of nitrogens with zero attached hydrogens (tertiary/aromatic N) is 4. The lowest BCUT2D eigenvalue weighted by Crippen LogP contribution is -2.06. The van der Waals surface area contributed by atoms with Gasteiger partial charge < -0.3 is 9.88 Å². The molecule has 0 spiro atoms. The maximum atomic E-state index is 4.45. The summed E-state index contributed by atoms with van der Waals surface area (Å²) in [7, 11) is 1.93. The van der Waals surface area contributed by atoms with Gasteiger partial charge in [-0.15, -0.1) is 10.2 Å². The summed E-state index contributed by atoms with van der Waals surface area (Å²) in [5.41, 5.74) is 1.95. The number of hydrogen-bond acceptors (Lipinski definition) is 4. The normalized spacial score (nSPS) is 10.8. The summed E-state index contributed by atoms with van der Waals surface area (Å²) in [5.74, 6) is 0.883. The van der Waals surface area contributed by atoms with Gasteiger partial charge in [-0.1, -0.05) is 12.1 Å². The van der Waals surface area contributed by atoms with Crippen molar-refractivity contribution in [1.82, 2.24) is 19.7 Å². The van der Waals surface area contributed by atoms with E-state index in [0.717, 1.165) is 26.9 Å². The maximum Gasteiger partial charge on any atom is 0.151 e. The van der Waals surface area contributed by atoms with E-state index in [2.05, 4.69) is 42.5 Å². The first-order chi connectivity index (χ1) is 9.24. The lowest BCUT2D eigenvalue weighted by molar-refractivity contribution is 0.812. The quantitative estimate of drug-likeness (QED) is 0.807. The third-order valence-electron chi connectivity index (χ3n) is 2.92. The van der Waals surface area contributed by atoms with Crippen molar-refractivity contribution in [1.29, 1.82) is 0 Å². The van der Waals surface area contributed by atoms with Gasteiger partial charge in [0.15, 0.2) is 5.82 Å². The molecule has 19 heavy (non-hydrogen) atoms. The van der Waals surface area contributed by atoms with Crippen LogP contribution in [0.25, 0.3) is 10.9 Å². The Hall–Kier alpha value is -1.95. The molecule has 2 aromatic heterocycles. The van der Waals surface area contributed by atoms with Crippen LogP contribution in [-0.4, -0.2) is 19.7 Å². The number of benzene rings is 1. The molecule has 1 aromatic carbocycles. The van der Waals surface area contributed by atoms with Crippen molar-refractivity contribution in [3.05, 3.63) is 47.1 Å². The van der Waals surface area contributed by atoms with E-state index in [1.54, 1.807) is 12.5 Å². The molecule has 3 rings (SSSR count). The Morgan fingerprint density at radius 3 is 3.05 bits per heavy atom. The first-order valence-corrected chi connectivity index (χ1v) is 6.64. The summed E-state index contributed by atoms with van der Waals surface area (Å²) < 4.78 is 2.87. The topological polar surface area (TPSA) is 55.6 Å². The van der Waals surface area contributed by atoms with Crippen LogP contribution in [0.5, 0.6) is 0 Å². The molecule has 96 valence electrons. The van der Waals surface area contributed by atoms with Crippen molar-refractivity contribution in [2.24, 2.45) is 7.05 Å². The summed E-state index contributed by atoms with van der Waals surface area (Å²) >= 11 is 3.43. The number of rotatable bonds is 3. The fourth-order valence-corrected chi connectivity index (χ4v) is 2.27. The number of halogens is 1. The molecule has 3 aromatic rings. The third kappa shape index (κ3) is 2.44. The summed E-state index contributed by atoms with van der Waals surface area (Å²) in [6, 6.07) is 8.12. The highest BCUT2D eigenvalue weighted by molar-refractivity contribution is 9.10. The molecule has 0 amide bonds. The molecule has 0 fully saturated rings. The Labute approximate surface area is 118 Å². The molecule has 0 aliphatic rings. The van der Waals surface area contributed by atoms with E-state index < -0.39 is 0 Å². The lowest BCUT2D eigenvalue weighted by Gasteiger charge is -2.08. The second-order valence-corrected chi connectivity index (χ2v) is 5.16. The van der Waals surface area contributed by atoms with Gasteiger partial charge in [-0.25, -0.2) is 0 Å². The number of para-hydroxylation sites is 1. The average Bonchev–Trinajstić information content (AvgIpc) is 2.81. The number of hydrogen-bond donors (Lipinski definition) is 1. The molecule has 2 heterocycles. The van der Waals surface area contributed by atoms with E-state index >= 15 is 0 Å². The number of aromatic nitrogens is 4. The van der Waals surface area contributed by atoms with Crippen LogP contribution in [0.1, 0.15) is 5.82 Å². The van der Waals surface area contributed by atoms with E-state index in [-0.39, 0.29) is 0 Å². The highest BCUT2D eigenvalue weighted by Gasteiger charge is 2.05. The van der Waals surface area contributed by atoms with Crippen molar-refractivity contribution in [2.45, 2.75) is 6.54 Å². The Balaban J connectivity index is 1.91. The molecule has 0 radical (unpaired) electrons. The standard InChI is InChI=1S/C13H12BrN5/c1-19-8-17-18-12(19)7-15-11-4-2-3-9-5-10(14)6-16-13(9)11/h2-6,8,15H,7H2,1H3. The number of anilines is 1. The van der Waals surface area contributed by atoms with Crippen LogP contribution in [0.3, 0.4) is 0 Å². The molecular weight excluding hydrogens is 306 g/mol. The minimum atomic E-state index is 0.618. The minimum absolute atomic E-state index is 0.618. The first-order valence-electron chi connectivity index (χ1n) is 5.85. The first kappa shape index (κ1) is 12.1. The Morgan fingerprint density at radius 1 is 1.37 bits per heavy atom. The molecular formula is C13H12BrN5. The fourth-order valence-electron chi connectivity index (χ4n) is 1.92. The van der Waals surface area contributed by atoms with Crippen LogP contribution in [0.2, 0.25) is 0 Å². The molecule has 0 aliphatic heterocycles. The van der Waals surface area contributed by atoms with Gasteiger partial charge in [0.2, 0.25) is 0 Å². The predicted molar refractivity (Wildman–Crippen MR) is 77.8 cm³/mol. The van der Waals surface area contributed by atoms with Gasteiger partial charge in [0.05, 0.1) is 17.7 Å². The van der Waals surface area contributed by atoms with E-state index in [4.69, 9.17) is 0 Å². The zero-order valence-corrected chi connectivity index (χ0v) is 11.9. The number of fused-ring (bicyclic) bond motifs is 1. The van der Waals surface area contributed by atoms with E-state index in [0.29, 0.717) is 6.54 Å². The highest BCUT2D eigenvalue weighted by atomic mass is 79.9. The van der Waals surface area contributed by atoms with Crippen molar-refractivity contribution >= 4 is 32.5 Å². The van der Waals surface area contributed by atoms with Gasteiger partial charge >= 0.3 is 0 Å². The van der Waals surface area contributed by atoms with E-state index in [9.17, 15) is 0 Å². The Morgan fingerprint density at radius 2 is 2.26 bits per heavy atom. The summed E-state index contributed by atoms with van der Waals surface area (Å²) in [6.45, 7) is 0.618. The van der Waals surface area contributed by atoms with Gasteiger partial charge in [-0.05, 0) is 28.1 Å². The molecule has 1 N–H and O–H groups in total. The van der Waals surface area contributed by atoms with Gasteiger partial charge in [0.25, 0.3) is 0 Å². The van der Waals surface area contributed by atoms with Crippen molar-refractivity contribution in [3.8, 4) is 0 Å². The van der Waals surface area contributed by atoms with Gasteiger partial charge in [-0.3, -0.25) is 4.98 Å². The van der Waals surface area contributed by atoms with Gasteiger partial charge in [0.1, 0.15) is 6.33 Å². The van der Waals surface area contributed by atoms with Gasteiger partial charge in [-0.2, -0.15) is 0 Å². The molecule has 5 nitrogen and oxygen atoms in total. The van der Waals surface area contributed by atoms with Crippen molar-refractivity contribution in [3.63, 3.8) is 0 Å². The van der Waals surface area contributed by atoms with Crippen LogP contribution in [-0.2, 0) is 13.6 Å². The third-order valence-corrected chi connectivity index (χ3v) is 3.35. The Bertz CT molecular complexity index is 722. The maximum absolute atomic E-state index is 4.45. The van der Waals surface area contributed by atoms with E-state index in [1.165, 1.54) is 0 Å². The Kier molecular flexibility index (Phi) is 3.16. The number of nitrogens with one attached hydrogen (secondary N) is 1. The molecule has 0 bridgehead atoms. The predicted octanol–water partition coefficient (Wildman–Crippen LogP) is 2.74. The van der Waals surface area contributed by atoms with Crippen LogP contribution < -0.4 is 5.32 Å². The van der Waals surface area contributed by atoms with Crippen LogP contribution in [0, 0.1) is 0 Å². The fraction of sp³-hybridized carbons (Fsp3) is 0.154. The smallest absolute Gasteiger partial charge is 0.151 e. The molecule has 6 heteroatoms. The van der Waals surface area contributed by atoms with Crippen LogP contribution in [0.4, 0.5) is 5.69 Å². The molecule has 0 saturated carbocycles. The van der Waals surface area contributed by atoms with E-state index in [1.807, 2.05) is 29.8 Å². The summed E-state index contributed by atoms with van der Waals surface area (Å²) in [4.78, 5) is 4.45. The number of pyridine rings is 1. The summed E-state index contributed by atoms with van der Waals surface area (Å²) in [5, 5.41) is 12.4. The largest absolute Gasteiger partial charge is 0.376 e. The SMILES string of the molecule is Cn1cnnc1CNc1cccc2cc(Br)cnc12. The van der Waals surface area contributed by atoms with Gasteiger partial charge in [0, 0.05) is 23.1 Å². The second-order valence-electron chi connectivity index (χ2n) is 4.24. The molecule has 0 saturated heterocycles. The zero-order chi connectivity index (χ0) is 13.2. The minimum Gasteiger partial charge on any atom is -0.376 e. The molecule has 0 atom stereocenters. The number of aryl methyl sites for hydroxylation is 1.